The highest BCUT2D eigenvalue weighted by atomic mass is 32.1. The number of nitrogens with zero attached hydrogens (tertiary/aromatic N) is 3. The molecule has 0 aliphatic rings. The first kappa shape index (κ1) is 13.7. The van der Waals surface area contributed by atoms with Crippen LogP contribution in [-0.2, 0) is 0 Å². The third kappa shape index (κ3) is 2.72. The second kappa shape index (κ2) is 5.66. The molecular formula is C17H11N3O2S. The Morgan fingerprint density at radius 2 is 1.96 bits per heavy atom. The van der Waals surface area contributed by atoms with Crippen LogP contribution in [0.15, 0.2) is 57.9 Å². The van der Waals surface area contributed by atoms with Crippen LogP contribution >= 0.6 is 11.3 Å². The van der Waals surface area contributed by atoms with Crippen molar-refractivity contribution in [2.24, 2.45) is 0 Å². The van der Waals surface area contributed by atoms with E-state index < -0.39 is 0 Å². The Hall–Kier alpha value is -2.99. The Morgan fingerprint density at radius 1 is 1.09 bits per heavy atom. The van der Waals surface area contributed by atoms with Crippen LogP contribution in [0, 0.1) is 0 Å². The molecule has 4 aromatic rings. The zero-order valence-corrected chi connectivity index (χ0v) is 12.7. The molecule has 5 nitrogen and oxygen atoms in total. The number of furan rings is 1. The van der Waals surface area contributed by atoms with Gasteiger partial charge in [0.2, 0.25) is 4.96 Å². The molecule has 1 aromatic carbocycles. The summed E-state index contributed by atoms with van der Waals surface area (Å²) in [5.41, 5.74) is 0.869. The average Bonchev–Trinajstić information content (AvgIpc) is 3.27. The van der Waals surface area contributed by atoms with Crippen molar-refractivity contribution >= 4 is 34.5 Å². The first-order valence-corrected chi connectivity index (χ1v) is 7.79. The Morgan fingerprint density at radius 3 is 2.70 bits per heavy atom. The molecule has 0 fully saturated rings. The van der Waals surface area contributed by atoms with Gasteiger partial charge in [-0.2, -0.15) is 9.50 Å². The average molecular weight is 321 g/mol. The molecule has 0 spiro atoms. The molecule has 0 aliphatic carbocycles. The van der Waals surface area contributed by atoms with E-state index in [1.54, 1.807) is 30.5 Å². The van der Waals surface area contributed by atoms with Crippen molar-refractivity contribution in [3.8, 4) is 0 Å². The Bertz CT molecular complexity index is 1080. The van der Waals surface area contributed by atoms with Crippen LogP contribution in [-0.4, -0.2) is 14.6 Å². The lowest BCUT2D eigenvalue weighted by Gasteiger charge is -1.88. The van der Waals surface area contributed by atoms with Gasteiger partial charge in [-0.15, -0.1) is 5.10 Å². The summed E-state index contributed by atoms with van der Waals surface area (Å²) in [5, 5.41) is 4.24. The smallest absolute Gasteiger partial charge is 0.291 e. The fourth-order valence-electron chi connectivity index (χ4n) is 2.16. The molecule has 0 unspecified atom stereocenters. The molecule has 6 heteroatoms. The van der Waals surface area contributed by atoms with Crippen molar-refractivity contribution in [1.82, 2.24) is 14.6 Å². The monoisotopic (exact) mass is 321 g/mol. The zero-order chi connectivity index (χ0) is 15.6. The van der Waals surface area contributed by atoms with Crippen molar-refractivity contribution in [1.29, 1.82) is 0 Å². The van der Waals surface area contributed by atoms with Gasteiger partial charge >= 0.3 is 0 Å². The van der Waals surface area contributed by atoms with Crippen molar-refractivity contribution < 1.29 is 4.42 Å². The van der Waals surface area contributed by atoms with Gasteiger partial charge in [-0.1, -0.05) is 47.7 Å². The van der Waals surface area contributed by atoms with Gasteiger partial charge in [-0.25, -0.2) is 0 Å². The second-order valence-electron chi connectivity index (χ2n) is 4.84. The first-order valence-electron chi connectivity index (χ1n) is 6.97. The summed E-state index contributed by atoms with van der Waals surface area (Å²) in [7, 11) is 0. The van der Waals surface area contributed by atoms with Crippen LogP contribution in [0.4, 0.5) is 0 Å². The molecule has 112 valence electrons. The molecule has 0 saturated heterocycles. The number of fused-ring (bicyclic) bond motifs is 1. The molecule has 0 amide bonds. The van der Waals surface area contributed by atoms with Gasteiger partial charge in [-0.05, 0) is 23.8 Å². The molecule has 0 atom stereocenters. The SMILES string of the molecule is O=c1/c(=C\c2ccco2)sc2nc(/C=C/c3ccccc3)nn12. The minimum absolute atomic E-state index is 0.187. The zero-order valence-electron chi connectivity index (χ0n) is 11.9. The molecule has 0 radical (unpaired) electrons. The topological polar surface area (TPSA) is 60.4 Å². The quantitative estimate of drug-likeness (QED) is 0.581. The van der Waals surface area contributed by atoms with E-state index in [-0.39, 0.29) is 5.56 Å². The highest BCUT2D eigenvalue weighted by Gasteiger charge is 2.09. The molecule has 3 aromatic heterocycles. The summed E-state index contributed by atoms with van der Waals surface area (Å²) in [4.78, 5) is 17.3. The summed E-state index contributed by atoms with van der Waals surface area (Å²) < 4.78 is 7.10. The van der Waals surface area contributed by atoms with E-state index >= 15 is 0 Å². The fourth-order valence-corrected chi connectivity index (χ4v) is 3.05. The predicted octanol–water partition coefficient (Wildman–Crippen LogP) is 2.46. The molecular weight excluding hydrogens is 310 g/mol. The predicted molar refractivity (Wildman–Crippen MR) is 90.0 cm³/mol. The van der Waals surface area contributed by atoms with Gasteiger partial charge in [0.05, 0.1) is 6.26 Å². The summed E-state index contributed by atoms with van der Waals surface area (Å²) in [6.45, 7) is 0. The van der Waals surface area contributed by atoms with Gasteiger partial charge in [0.1, 0.15) is 10.3 Å². The number of rotatable bonds is 3. The van der Waals surface area contributed by atoms with Gasteiger partial charge in [0.25, 0.3) is 5.56 Å². The van der Waals surface area contributed by atoms with E-state index in [4.69, 9.17) is 4.42 Å². The Balaban J connectivity index is 1.71. The van der Waals surface area contributed by atoms with Crippen molar-refractivity contribution in [2.45, 2.75) is 0 Å². The largest absolute Gasteiger partial charge is 0.465 e. The van der Waals surface area contributed by atoms with Gasteiger partial charge in [-0.3, -0.25) is 4.79 Å². The third-order valence-electron chi connectivity index (χ3n) is 3.24. The lowest BCUT2D eigenvalue weighted by atomic mass is 10.2. The summed E-state index contributed by atoms with van der Waals surface area (Å²) in [6, 6.07) is 13.4. The van der Waals surface area contributed by atoms with Gasteiger partial charge < -0.3 is 4.42 Å². The van der Waals surface area contributed by atoms with Crippen molar-refractivity contribution in [3.05, 3.63) is 80.8 Å². The number of hydrogen-bond donors (Lipinski definition) is 0. The highest BCUT2D eigenvalue weighted by Crippen LogP contribution is 2.08. The second-order valence-corrected chi connectivity index (χ2v) is 5.85. The number of benzene rings is 1. The molecule has 23 heavy (non-hydrogen) atoms. The minimum atomic E-state index is -0.187. The molecule has 4 rings (SSSR count). The lowest BCUT2D eigenvalue weighted by molar-refractivity contribution is 0.556. The highest BCUT2D eigenvalue weighted by molar-refractivity contribution is 7.15. The van der Waals surface area contributed by atoms with E-state index in [0.29, 0.717) is 21.1 Å². The fraction of sp³-hybridized carbons (Fsp3) is 0. The number of aromatic nitrogens is 3. The van der Waals surface area contributed by atoms with E-state index in [2.05, 4.69) is 10.1 Å². The normalized spacial score (nSPS) is 12.6. The van der Waals surface area contributed by atoms with Crippen LogP contribution in [0.3, 0.4) is 0 Å². The molecule has 0 bridgehead atoms. The number of thiazole rings is 1. The summed E-state index contributed by atoms with van der Waals surface area (Å²) in [6.07, 6.45) is 6.98. The van der Waals surface area contributed by atoms with Crippen LogP contribution in [0.2, 0.25) is 0 Å². The first-order chi connectivity index (χ1) is 11.3. The van der Waals surface area contributed by atoms with E-state index in [1.807, 2.05) is 36.4 Å². The third-order valence-corrected chi connectivity index (χ3v) is 4.20. The lowest BCUT2D eigenvalue weighted by Crippen LogP contribution is -2.23. The number of hydrogen-bond acceptors (Lipinski definition) is 5. The van der Waals surface area contributed by atoms with Gasteiger partial charge in [0.15, 0.2) is 5.82 Å². The maximum Gasteiger partial charge on any atom is 0.291 e. The Labute approximate surface area is 134 Å². The van der Waals surface area contributed by atoms with Crippen LogP contribution in [0.5, 0.6) is 0 Å². The van der Waals surface area contributed by atoms with Crippen molar-refractivity contribution in [2.75, 3.05) is 0 Å². The van der Waals surface area contributed by atoms with Crippen LogP contribution in [0.25, 0.3) is 23.2 Å². The maximum absolute atomic E-state index is 12.3. The van der Waals surface area contributed by atoms with E-state index in [9.17, 15) is 4.79 Å². The Kier molecular flexibility index (Phi) is 3.36. The molecule has 0 N–H and O–H groups in total. The van der Waals surface area contributed by atoms with Crippen molar-refractivity contribution in [3.63, 3.8) is 0 Å². The molecule has 0 aliphatic heterocycles. The van der Waals surface area contributed by atoms with Crippen LogP contribution in [0.1, 0.15) is 17.1 Å². The maximum atomic E-state index is 12.3. The molecule has 3 heterocycles. The molecule has 0 saturated carbocycles. The summed E-state index contributed by atoms with van der Waals surface area (Å²) in [5.74, 6) is 1.15. The standard InChI is InChI=1S/C17H11N3O2S/c21-16-14(11-13-7-4-10-22-13)23-17-18-15(19-20(16)17)9-8-12-5-2-1-3-6-12/h1-11H/b9-8+,14-11+. The minimum Gasteiger partial charge on any atom is -0.465 e. The van der Waals surface area contributed by atoms with E-state index in [0.717, 1.165) is 5.56 Å². The van der Waals surface area contributed by atoms with Crippen LogP contribution < -0.4 is 10.1 Å². The summed E-state index contributed by atoms with van der Waals surface area (Å²) >= 11 is 1.29. The van der Waals surface area contributed by atoms with E-state index in [1.165, 1.54) is 15.9 Å². The van der Waals surface area contributed by atoms with Gasteiger partial charge in [0, 0.05) is 6.08 Å².